The summed E-state index contributed by atoms with van der Waals surface area (Å²) < 4.78 is 5.28. The predicted molar refractivity (Wildman–Crippen MR) is 128 cm³/mol. The van der Waals surface area contributed by atoms with Gasteiger partial charge in [-0.05, 0) is 39.5 Å². The molecule has 5 rings (SSSR count). The van der Waals surface area contributed by atoms with Gasteiger partial charge < -0.3 is 10.6 Å². The van der Waals surface area contributed by atoms with Gasteiger partial charge in [0.15, 0.2) is 5.69 Å². The molecule has 2 saturated carbocycles. The minimum absolute atomic E-state index is 0.185. The fourth-order valence-electron chi connectivity index (χ4n) is 5.23. The minimum Gasteiger partial charge on any atom is -0.305 e. The molecule has 0 spiro atoms. The summed E-state index contributed by atoms with van der Waals surface area (Å²) in [6.45, 7) is 3.84. The highest BCUT2D eigenvalue weighted by molar-refractivity contribution is 6.07. The van der Waals surface area contributed by atoms with E-state index < -0.39 is 0 Å². The number of nitrogens with one attached hydrogen (secondary N) is 2. The lowest BCUT2D eigenvalue weighted by atomic mass is 10.2. The number of hydrogen-bond donors (Lipinski definition) is 2. The molecule has 3 heterocycles. The normalized spacial score (nSPS) is 16.9. The molecule has 2 N–H and O–H groups in total. The largest absolute Gasteiger partial charge is 0.305 e. The number of anilines is 2. The van der Waals surface area contributed by atoms with Crippen molar-refractivity contribution >= 4 is 23.5 Å². The first kappa shape index (κ1) is 22.4. The second kappa shape index (κ2) is 9.08. The van der Waals surface area contributed by atoms with Crippen LogP contribution in [-0.4, -0.2) is 41.2 Å². The van der Waals surface area contributed by atoms with Crippen molar-refractivity contribution in [1.82, 2.24) is 29.3 Å². The Morgan fingerprint density at radius 3 is 1.74 bits per heavy atom. The molecule has 0 aromatic carbocycles. The minimum atomic E-state index is -0.361. The number of rotatable bonds is 6. The van der Waals surface area contributed by atoms with E-state index in [9.17, 15) is 9.59 Å². The molecule has 2 amide bonds. The van der Waals surface area contributed by atoms with Crippen molar-refractivity contribution in [1.29, 1.82) is 0 Å². The zero-order valence-corrected chi connectivity index (χ0v) is 20.0. The molecule has 0 radical (unpaired) electrons. The molecule has 0 aliphatic heterocycles. The number of amides is 2. The summed E-state index contributed by atoms with van der Waals surface area (Å²) in [6, 6.07) is 5.90. The van der Waals surface area contributed by atoms with Crippen LogP contribution < -0.4 is 10.6 Å². The highest BCUT2D eigenvalue weighted by Gasteiger charge is 2.25. The molecule has 2 aliphatic carbocycles. The predicted octanol–water partition coefficient (Wildman–Crippen LogP) is 4.16. The van der Waals surface area contributed by atoms with E-state index in [1.807, 2.05) is 35.3 Å². The molecule has 0 atom stereocenters. The smallest absolute Gasteiger partial charge is 0.277 e. The Morgan fingerprint density at radius 1 is 0.765 bits per heavy atom. The van der Waals surface area contributed by atoms with E-state index in [0.717, 1.165) is 37.1 Å². The third kappa shape index (κ3) is 4.36. The number of carbonyl (C=O) groups excluding carboxylic acids is 2. The zero-order valence-electron chi connectivity index (χ0n) is 20.0. The first-order valence-electron chi connectivity index (χ1n) is 12.2. The lowest BCUT2D eigenvalue weighted by Gasteiger charge is -2.14. The van der Waals surface area contributed by atoms with Crippen LogP contribution in [0.5, 0.6) is 0 Å². The van der Waals surface area contributed by atoms with Gasteiger partial charge in [-0.3, -0.25) is 14.3 Å². The van der Waals surface area contributed by atoms with Crippen molar-refractivity contribution in [2.24, 2.45) is 7.05 Å². The Morgan fingerprint density at radius 2 is 1.24 bits per heavy atom. The molecule has 34 heavy (non-hydrogen) atoms. The Bertz CT molecular complexity index is 1210. The lowest BCUT2D eigenvalue weighted by molar-refractivity contribution is 0.101. The van der Waals surface area contributed by atoms with Gasteiger partial charge in [0.25, 0.3) is 11.8 Å². The fourth-order valence-corrected chi connectivity index (χ4v) is 5.23. The fraction of sp³-hybridized carbons (Fsp3) is 0.542. The quantitative estimate of drug-likeness (QED) is 0.569. The van der Waals surface area contributed by atoms with Gasteiger partial charge in [0.05, 0.1) is 23.5 Å². The van der Waals surface area contributed by atoms with E-state index in [1.54, 1.807) is 7.05 Å². The topological polar surface area (TPSA) is 112 Å². The molecule has 0 unspecified atom stereocenters. The van der Waals surface area contributed by atoms with Crippen LogP contribution in [0, 0.1) is 13.8 Å². The SMILES string of the molecule is Cc1cc(NC(=O)c2cc(C(=O)Nc3cc(C)nn3C3CCCC3)n(C)n2)n(C2CCCC2)n1. The van der Waals surface area contributed by atoms with E-state index in [2.05, 4.69) is 25.9 Å². The van der Waals surface area contributed by atoms with Gasteiger partial charge >= 0.3 is 0 Å². The van der Waals surface area contributed by atoms with Crippen LogP contribution in [0.1, 0.15) is 95.8 Å². The van der Waals surface area contributed by atoms with Gasteiger partial charge in [0, 0.05) is 25.2 Å². The molecule has 10 heteroatoms. The van der Waals surface area contributed by atoms with Crippen molar-refractivity contribution < 1.29 is 9.59 Å². The van der Waals surface area contributed by atoms with Crippen LogP contribution in [-0.2, 0) is 7.05 Å². The van der Waals surface area contributed by atoms with Crippen molar-refractivity contribution in [3.63, 3.8) is 0 Å². The standard InChI is InChI=1S/C24H32N8O2/c1-15-12-21(31(27-15)17-8-4-5-9-17)25-23(33)19-14-20(30(3)29-19)24(34)26-22-13-16(2)28-32(22)18-10-6-7-11-18/h12-14,17-18H,4-11H2,1-3H3,(H,25,33)(H,26,34). The molecule has 180 valence electrons. The number of hydrogen-bond acceptors (Lipinski definition) is 5. The summed E-state index contributed by atoms with van der Waals surface area (Å²) >= 11 is 0. The first-order chi connectivity index (χ1) is 16.4. The number of aryl methyl sites for hydroxylation is 3. The van der Waals surface area contributed by atoms with Crippen LogP contribution in [0.3, 0.4) is 0 Å². The molecular formula is C24H32N8O2. The monoisotopic (exact) mass is 464 g/mol. The van der Waals surface area contributed by atoms with E-state index in [4.69, 9.17) is 0 Å². The summed E-state index contributed by atoms with van der Waals surface area (Å²) in [5, 5.41) is 19.4. The maximum absolute atomic E-state index is 13.1. The number of carbonyl (C=O) groups is 2. The molecule has 3 aromatic heterocycles. The second-order valence-electron chi connectivity index (χ2n) is 9.55. The average molecular weight is 465 g/mol. The van der Waals surface area contributed by atoms with Crippen LogP contribution in [0.2, 0.25) is 0 Å². The molecule has 2 aliphatic rings. The van der Waals surface area contributed by atoms with Crippen LogP contribution in [0.4, 0.5) is 11.6 Å². The lowest BCUT2D eigenvalue weighted by Crippen LogP contribution is -2.20. The van der Waals surface area contributed by atoms with E-state index in [-0.39, 0.29) is 17.5 Å². The van der Waals surface area contributed by atoms with Crippen LogP contribution >= 0.6 is 0 Å². The van der Waals surface area contributed by atoms with Gasteiger partial charge in [-0.2, -0.15) is 15.3 Å². The summed E-state index contributed by atoms with van der Waals surface area (Å²) in [5.41, 5.74) is 2.21. The number of aromatic nitrogens is 6. The Kier molecular flexibility index (Phi) is 5.97. The second-order valence-corrected chi connectivity index (χ2v) is 9.55. The third-order valence-corrected chi connectivity index (χ3v) is 6.89. The summed E-state index contributed by atoms with van der Waals surface area (Å²) in [7, 11) is 1.66. The van der Waals surface area contributed by atoms with Gasteiger partial charge in [-0.25, -0.2) is 9.36 Å². The van der Waals surface area contributed by atoms with Gasteiger partial charge in [-0.15, -0.1) is 0 Å². The maximum atomic E-state index is 13.1. The van der Waals surface area contributed by atoms with Crippen molar-refractivity contribution in [3.05, 3.63) is 41.0 Å². The van der Waals surface area contributed by atoms with Crippen LogP contribution in [0.25, 0.3) is 0 Å². The van der Waals surface area contributed by atoms with Gasteiger partial charge in [0.1, 0.15) is 17.3 Å². The molecule has 0 bridgehead atoms. The average Bonchev–Trinajstić information content (AvgIpc) is 3.59. The maximum Gasteiger partial charge on any atom is 0.277 e. The highest BCUT2D eigenvalue weighted by atomic mass is 16.2. The molecule has 3 aromatic rings. The van der Waals surface area contributed by atoms with E-state index >= 15 is 0 Å². The van der Waals surface area contributed by atoms with Crippen molar-refractivity contribution in [2.75, 3.05) is 10.6 Å². The van der Waals surface area contributed by atoms with Crippen molar-refractivity contribution in [2.45, 2.75) is 77.3 Å². The number of nitrogens with zero attached hydrogens (tertiary/aromatic N) is 6. The summed E-state index contributed by atoms with van der Waals surface area (Å²) in [4.78, 5) is 26.1. The zero-order chi connectivity index (χ0) is 23.8. The Balaban J connectivity index is 1.32. The van der Waals surface area contributed by atoms with Crippen molar-refractivity contribution in [3.8, 4) is 0 Å². The highest BCUT2D eigenvalue weighted by Crippen LogP contribution is 2.33. The third-order valence-electron chi connectivity index (χ3n) is 6.89. The molecule has 10 nitrogen and oxygen atoms in total. The van der Waals surface area contributed by atoms with Crippen LogP contribution in [0.15, 0.2) is 18.2 Å². The van der Waals surface area contributed by atoms with E-state index in [0.29, 0.717) is 29.4 Å². The Labute approximate surface area is 198 Å². The molecular weight excluding hydrogens is 432 g/mol. The molecule has 2 fully saturated rings. The summed E-state index contributed by atoms with van der Waals surface area (Å²) in [6.07, 6.45) is 8.97. The molecule has 0 saturated heterocycles. The van der Waals surface area contributed by atoms with Gasteiger partial charge in [0.2, 0.25) is 0 Å². The first-order valence-corrected chi connectivity index (χ1v) is 12.2. The van der Waals surface area contributed by atoms with E-state index in [1.165, 1.54) is 36.4 Å². The van der Waals surface area contributed by atoms with Gasteiger partial charge in [-0.1, -0.05) is 25.7 Å². The summed E-state index contributed by atoms with van der Waals surface area (Å²) in [5.74, 6) is 0.667. The Hall–Kier alpha value is -3.43.